The third-order valence-electron chi connectivity index (χ3n) is 4.58. The van der Waals surface area contributed by atoms with E-state index in [0.717, 1.165) is 0 Å². The second-order valence-corrected chi connectivity index (χ2v) is 8.36. The minimum absolute atomic E-state index is 0.0418. The van der Waals surface area contributed by atoms with Gasteiger partial charge in [0.25, 0.3) is 11.8 Å². The van der Waals surface area contributed by atoms with E-state index in [9.17, 15) is 18.4 Å². The van der Waals surface area contributed by atoms with E-state index in [4.69, 9.17) is 11.6 Å². The number of nitrogens with zero attached hydrogens (tertiary/aromatic N) is 4. The highest BCUT2D eigenvalue weighted by Crippen LogP contribution is 2.29. The van der Waals surface area contributed by atoms with Crippen LogP contribution in [0, 0.1) is 0 Å². The summed E-state index contributed by atoms with van der Waals surface area (Å²) in [4.78, 5) is 40.1. The van der Waals surface area contributed by atoms with Gasteiger partial charge in [-0.15, -0.1) is 11.3 Å². The maximum Gasteiger partial charge on any atom is 0.387 e. The number of rotatable bonds is 8. The van der Waals surface area contributed by atoms with E-state index in [0.29, 0.717) is 27.8 Å². The molecule has 3 rings (SSSR count). The van der Waals surface area contributed by atoms with Crippen LogP contribution in [0.4, 0.5) is 8.78 Å². The number of alkyl halides is 2. The van der Waals surface area contributed by atoms with Gasteiger partial charge < -0.3 is 15.0 Å². The topological polar surface area (TPSA) is 97.3 Å². The standard InChI is InChI=1S/C21H20ClF2N5O3S/c1-4-29(3)20(31)15-10-27-19(33-15)17-16(25-5-6-26-17)11(2)28-18(30)12-7-13(22)9-14(8-12)32-21(23)24/h5-11,21H,4H2,1-3H3,(H,28,30)/t11-/m0/s1. The minimum atomic E-state index is -3.05. The second-order valence-electron chi connectivity index (χ2n) is 6.89. The molecule has 2 amide bonds. The lowest BCUT2D eigenvalue weighted by molar-refractivity contribution is -0.0498. The zero-order valence-corrected chi connectivity index (χ0v) is 19.5. The Labute approximate surface area is 197 Å². The zero-order chi connectivity index (χ0) is 24.1. The van der Waals surface area contributed by atoms with Crippen LogP contribution in [0.15, 0.2) is 36.8 Å². The summed E-state index contributed by atoms with van der Waals surface area (Å²) in [5.74, 6) is -0.955. The number of thiazole rings is 1. The van der Waals surface area contributed by atoms with Gasteiger partial charge >= 0.3 is 6.61 Å². The number of carbonyl (C=O) groups excluding carboxylic acids is 2. The van der Waals surface area contributed by atoms with E-state index >= 15 is 0 Å². The Morgan fingerprint density at radius 1 is 1.21 bits per heavy atom. The molecule has 0 fully saturated rings. The molecular weight excluding hydrogens is 476 g/mol. The van der Waals surface area contributed by atoms with Crippen LogP contribution in [0.2, 0.25) is 5.02 Å². The van der Waals surface area contributed by atoms with E-state index < -0.39 is 18.6 Å². The Kier molecular flexibility index (Phi) is 7.88. The first-order valence-electron chi connectivity index (χ1n) is 9.78. The molecule has 0 aliphatic carbocycles. The molecule has 8 nitrogen and oxygen atoms in total. The molecule has 0 spiro atoms. The Bertz CT molecular complexity index is 1160. The van der Waals surface area contributed by atoms with Crippen molar-refractivity contribution in [3.63, 3.8) is 0 Å². The van der Waals surface area contributed by atoms with Crippen molar-refractivity contribution < 1.29 is 23.1 Å². The third kappa shape index (κ3) is 5.99. The van der Waals surface area contributed by atoms with E-state index in [-0.39, 0.29) is 22.2 Å². The Balaban J connectivity index is 1.83. The average Bonchev–Trinajstić information content (AvgIpc) is 3.27. The maximum atomic E-state index is 12.7. The van der Waals surface area contributed by atoms with Gasteiger partial charge in [-0.25, -0.2) is 4.98 Å². The molecule has 33 heavy (non-hydrogen) atoms. The fraction of sp³-hybridized carbons (Fsp3) is 0.286. The van der Waals surface area contributed by atoms with Gasteiger partial charge in [0.1, 0.15) is 21.3 Å². The number of carbonyl (C=O) groups is 2. The van der Waals surface area contributed by atoms with Crippen molar-refractivity contribution in [1.82, 2.24) is 25.2 Å². The molecule has 0 aliphatic heterocycles. The van der Waals surface area contributed by atoms with Crippen LogP contribution in [-0.4, -0.2) is 51.9 Å². The van der Waals surface area contributed by atoms with Crippen molar-refractivity contribution in [3.8, 4) is 16.5 Å². The molecular formula is C21H20ClF2N5O3S. The molecule has 174 valence electrons. The van der Waals surface area contributed by atoms with Crippen LogP contribution in [0.25, 0.3) is 10.7 Å². The van der Waals surface area contributed by atoms with Gasteiger partial charge in [-0.1, -0.05) is 11.6 Å². The van der Waals surface area contributed by atoms with Crippen LogP contribution >= 0.6 is 22.9 Å². The summed E-state index contributed by atoms with van der Waals surface area (Å²) in [7, 11) is 1.70. The first kappa shape index (κ1) is 24.5. The molecule has 12 heteroatoms. The number of hydrogen-bond donors (Lipinski definition) is 1. The van der Waals surface area contributed by atoms with Gasteiger partial charge in [0, 0.05) is 36.6 Å². The number of ether oxygens (including phenoxy) is 1. The Hall–Kier alpha value is -3.18. The normalized spacial score (nSPS) is 11.8. The highest BCUT2D eigenvalue weighted by atomic mass is 35.5. The number of benzene rings is 1. The molecule has 1 aromatic carbocycles. The molecule has 1 atom stereocenters. The summed E-state index contributed by atoms with van der Waals surface area (Å²) in [6, 6.07) is 3.07. The summed E-state index contributed by atoms with van der Waals surface area (Å²) in [6.45, 7) is 1.07. The van der Waals surface area contributed by atoms with Crippen molar-refractivity contribution >= 4 is 34.8 Å². The zero-order valence-electron chi connectivity index (χ0n) is 17.9. The third-order valence-corrected chi connectivity index (χ3v) is 5.79. The maximum absolute atomic E-state index is 12.7. The molecule has 0 saturated heterocycles. The van der Waals surface area contributed by atoms with Crippen molar-refractivity contribution in [2.24, 2.45) is 0 Å². The molecule has 1 N–H and O–H groups in total. The summed E-state index contributed by atoms with van der Waals surface area (Å²) >= 11 is 7.10. The first-order chi connectivity index (χ1) is 15.7. The van der Waals surface area contributed by atoms with Gasteiger partial charge in [0.2, 0.25) is 0 Å². The summed E-state index contributed by atoms with van der Waals surface area (Å²) in [6.07, 6.45) is 4.44. The molecule has 0 unspecified atom stereocenters. The van der Waals surface area contributed by atoms with Crippen LogP contribution in [-0.2, 0) is 0 Å². The average molecular weight is 496 g/mol. The molecule has 2 aromatic heterocycles. The number of halogens is 3. The predicted octanol–water partition coefficient (Wildman–Crippen LogP) is 4.44. The summed E-state index contributed by atoms with van der Waals surface area (Å²) in [5, 5.41) is 3.29. The molecule has 0 aliphatic rings. The number of amides is 2. The highest BCUT2D eigenvalue weighted by molar-refractivity contribution is 7.16. The van der Waals surface area contributed by atoms with E-state index in [1.165, 1.54) is 48.1 Å². The van der Waals surface area contributed by atoms with Crippen LogP contribution in [0.5, 0.6) is 5.75 Å². The summed E-state index contributed by atoms with van der Waals surface area (Å²) < 4.78 is 29.4. The van der Waals surface area contributed by atoms with E-state index in [2.05, 4.69) is 25.0 Å². The Morgan fingerprint density at radius 3 is 2.64 bits per heavy atom. The molecule has 0 saturated carbocycles. The van der Waals surface area contributed by atoms with Crippen molar-refractivity contribution in [3.05, 3.63) is 57.9 Å². The lowest BCUT2D eigenvalue weighted by Crippen LogP contribution is -2.28. The molecule has 0 bridgehead atoms. The Morgan fingerprint density at radius 2 is 1.94 bits per heavy atom. The SMILES string of the molecule is CCN(C)C(=O)c1cnc(-c2nccnc2[C@H](C)NC(=O)c2cc(Cl)cc(OC(F)F)c2)s1. The van der Waals surface area contributed by atoms with E-state index in [1.54, 1.807) is 18.9 Å². The second kappa shape index (κ2) is 10.6. The predicted molar refractivity (Wildman–Crippen MR) is 120 cm³/mol. The van der Waals surface area contributed by atoms with Crippen molar-refractivity contribution in [2.75, 3.05) is 13.6 Å². The van der Waals surface area contributed by atoms with Gasteiger partial charge in [-0.05, 0) is 32.0 Å². The minimum Gasteiger partial charge on any atom is -0.435 e. The van der Waals surface area contributed by atoms with Gasteiger partial charge in [0.15, 0.2) is 0 Å². The highest BCUT2D eigenvalue weighted by Gasteiger charge is 2.22. The molecule has 3 aromatic rings. The quantitative estimate of drug-likeness (QED) is 0.496. The van der Waals surface area contributed by atoms with Crippen LogP contribution in [0.1, 0.15) is 45.6 Å². The van der Waals surface area contributed by atoms with Crippen LogP contribution < -0.4 is 10.1 Å². The number of nitrogens with one attached hydrogen (secondary N) is 1. The monoisotopic (exact) mass is 495 g/mol. The van der Waals surface area contributed by atoms with Crippen LogP contribution in [0.3, 0.4) is 0 Å². The number of hydrogen-bond acceptors (Lipinski definition) is 7. The van der Waals surface area contributed by atoms with E-state index in [1.807, 2.05) is 6.92 Å². The smallest absolute Gasteiger partial charge is 0.387 e. The first-order valence-corrected chi connectivity index (χ1v) is 11.0. The lowest BCUT2D eigenvalue weighted by atomic mass is 10.1. The van der Waals surface area contributed by atoms with Gasteiger partial charge in [-0.3, -0.25) is 19.6 Å². The fourth-order valence-corrected chi connectivity index (χ4v) is 4.00. The number of aromatic nitrogens is 3. The van der Waals surface area contributed by atoms with Crippen molar-refractivity contribution in [2.45, 2.75) is 26.5 Å². The molecule has 2 heterocycles. The van der Waals surface area contributed by atoms with Crippen molar-refractivity contribution in [1.29, 1.82) is 0 Å². The molecule has 0 radical (unpaired) electrons. The lowest BCUT2D eigenvalue weighted by Gasteiger charge is -2.16. The fourth-order valence-electron chi connectivity index (χ4n) is 2.86. The largest absolute Gasteiger partial charge is 0.435 e. The van der Waals surface area contributed by atoms with Gasteiger partial charge in [-0.2, -0.15) is 8.78 Å². The summed E-state index contributed by atoms with van der Waals surface area (Å²) in [5.41, 5.74) is 0.885. The van der Waals surface area contributed by atoms with Gasteiger partial charge in [0.05, 0.1) is 17.9 Å².